The summed E-state index contributed by atoms with van der Waals surface area (Å²) in [6.07, 6.45) is 17.7. The standard InChI is InChI=1S/C42H52N2O2/c1-2-3-4-5-6-31-7-9-32(10-8-31)33-27-29-42(30-28-33,34-11-19-38(20-12-34)45-40-23-15-36(43)16-24-40)35-13-21-39(22-14-35)46-41-25-17-37(44)18-26-41/h11-26,31-33H,2-10,27-30,43-44H2,1H3/t31-,32+. The summed E-state index contributed by atoms with van der Waals surface area (Å²) in [5, 5.41) is 0. The first-order valence-electron chi connectivity index (χ1n) is 17.8. The van der Waals surface area contributed by atoms with Gasteiger partial charge in [-0.3, -0.25) is 0 Å². The minimum Gasteiger partial charge on any atom is -0.457 e. The molecule has 4 aromatic rings. The zero-order chi connectivity index (χ0) is 31.8. The van der Waals surface area contributed by atoms with E-state index >= 15 is 0 Å². The van der Waals surface area contributed by atoms with E-state index in [1.54, 1.807) is 0 Å². The predicted molar refractivity (Wildman–Crippen MR) is 192 cm³/mol. The molecule has 4 aromatic carbocycles. The molecular weight excluding hydrogens is 564 g/mol. The summed E-state index contributed by atoms with van der Waals surface area (Å²) < 4.78 is 12.3. The minimum atomic E-state index is -0.0214. The van der Waals surface area contributed by atoms with Crippen LogP contribution in [0.1, 0.15) is 102 Å². The third-order valence-corrected chi connectivity index (χ3v) is 11.0. The monoisotopic (exact) mass is 616 g/mol. The van der Waals surface area contributed by atoms with Crippen molar-refractivity contribution in [3.63, 3.8) is 0 Å². The second kappa shape index (κ2) is 15.1. The normalized spacial score (nSPS) is 19.8. The molecule has 2 fully saturated rings. The van der Waals surface area contributed by atoms with Gasteiger partial charge in [0.1, 0.15) is 23.0 Å². The van der Waals surface area contributed by atoms with Gasteiger partial charge in [-0.1, -0.05) is 76.1 Å². The maximum absolute atomic E-state index is 6.16. The van der Waals surface area contributed by atoms with Gasteiger partial charge in [0.15, 0.2) is 0 Å². The molecule has 2 aliphatic rings. The summed E-state index contributed by atoms with van der Waals surface area (Å²) in [7, 11) is 0. The van der Waals surface area contributed by atoms with Crippen molar-refractivity contribution < 1.29 is 9.47 Å². The maximum Gasteiger partial charge on any atom is 0.127 e. The summed E-state index contributed by atoms with van der Waals surface area (Å²) in [6, 6.07) is 32.8. The van der Waals surface area contributed by atoms with E-state index < -0.39 is 0 Å². The molecule has 0 amide bonds. The van der Waals surface area contributed by atoms with Crippen LogP contribution in [-0.2, 0) is 5.41 Å². The molecular formula is C42H52N2O2. The lowest BCUT2D eigenvalue weighted by Gasteiger charge is -2.44. The highest BCUT2D eigenvalue weighted by Crippen LogP contribution is 2.51. The number of nitrogens with two attached hydrogens (primary N) is 2. The van der Waals surface area contributed by atoms with E-state index in [0.717, 1.165) is 52.1 Å². The molecule has 0 aromatic heterocycles. The van der Waals surface area contributed by atoms with Crippen LogP contribution in [-0.4, -0.2) is 0 Å². The quantitative estimate of drug-likeness (QED) is 0.123. The summed E-state index contributed by atoms with van der Waals surface area (Å²) in [5.41, 5.74) is 15.9. The van der Waals surface area contributed by atoms with Crippen LogP contribution >= 0.6 is 0 Å². The number of hydrogen-bond donors (Lipinski definition) is 2. The van der Waals surface area contributed by atoms with Crippen molar-refractivity contribution in [2.24, 2.45) is 17.8 Å². The lowest BCUT2D eigenvalue weighted by atomic mass is 9.60. The van der Waals surface area contributed by atoms with Gasteiger partial charge in [0.25, 0.3) is 0 Å². The van der Waals surface area contributed by atoms with E-state index in [1.807, 2.05) is 48.5 Å². The Morgan fingerprint density at radius 3 is 1.37 bits per heavy atom. The van der Waals surface area contributed by atoms with Gasteiger partial charge in [-0.2, -0.15) is 0 Å². The lowest BCUT2D eigenvalue weighted by molar-refractivity contribution is 0.140. The number of unbranched alkanes of at least 4 members (excludes halogenated alkanes) is 3. The summed E-state index contributed by atoms with van der Waals surface area (Å²) in [6.45, 7) is 2.31. The van der Waals surface area contributed by atoms with Gasteiger partial charge in [0, 0.05) is 16.8 Å². The molecule has 4 N–H and O–H groups in total. The van der Waals surface area contributed by atoms with Crippen molar-refractivity contribution in [3.8, 4) is 23.0 Å². The van der Waals surface area contributed by atoms with E-state index in [-0.39, 0.29) is 5.41 Å². The number of ether oxygens (including phenoxy) is 2. The van der Waals surface area contributed by atoms with Crippen LogP contribution in [0, 0.1) is 17.8 Å². The molecule has 4 heteroatoms. The predicted octanol–water partition coefficient (Wildman–Crippen LogP) is 11.7. The third kappa shape index (κ3) is 7.89. The number of rotatable bonds is 12. The molecule has 0 bridgehead atoms. The van der Waals surface area contributed by atoms with Gasteiger partial charge in [0.2, 0.25) is 0 Å². The molecule has 4 nitrogen and oxygen atoms in total. The molecule has 0 saturated heterocycles. The lowest BCUT2D eigenvalue weighted by Crippen LogP contribution is -2.35. The Balaban J connectivity index is 1.16. The van der Waals surface area contributed by atoms with Crippen LogP contribution in [0.2, 0.25) is 0 Å². The van der Waals surface area contributed by atoms with Crippen LogP contribution in [0.5, 0.6) is 23.0 Å². The number of benzene rings is 4. The average Bonchev–Trinajstić information content (AvgIpc) is 3.10. The molecule has 2 aliphatic carbocycles. The molecule has 0 aliphatic heterocycles. The van der Waals surface area contributed by atoms with Gasteiger partial charge >= 0.3 is 0 Å². The van der Waals surface area contributed by atoms with Crippen LogP contribution in [0.4, 0.5) is 11.4 Å². The highest BCUT2D eigenvalue weighted by atomic mass is 16.5. The first kappa shape index (κ1) is 32.0. The Bertz CT molecular complexity index is 1390. The van der Waals surface area contributed by atoms with Crippen molar-refractivity contribution >= 4 is 11.4 Å². The highest BCUT2D eigenvalue weighted by molar-refractivity contribution is 5.47. The van der Waals surface area contributed by atoms with Crippen molar-refractivity contribution in [2.75, 3.05) is 11.5 Å². The van der Waals surface area contributed by atoms with Crippen LogP contribution < -0.4 is 20.9 Å². The third-order valence-electron chi connectivity index (χ3n) is 11.0. The summed E-state index contributed by atoms with van der Waals surface area (Å²) in [4.78, 5) is 0. The Morgan fingerprint density at radius 2 is 0.935 bits per heavy atom. The number of hydrogen-bond acceptors (Lipinski definition) is 4. The van der Waals surface area contributed by atoms with E-state index in [4.69, 9.17) is 20.9 Å². The first-order valence-corrected chi connectivity index (χ1v) is 17.8. The molecule has 0 radical (unpaired) electrons. The average molecular weight is 617 g/mol. The molecule has 0 atom stereocenters. The van der Waals surface area contributed by atoms with Crippen LogP contribution in [0.3, 0.4) is 0 Å². The molecule has 242 valence electrons. The van der Waals surface area contributed by atoms with E-state index in [0.29, 0.717) is 0 Å². The molecule has 0 heterocycles. The molecule has 2 saturated carbocycles. The van der Waals surface area contributed by atoms with Gasteiger partial charge in [-0.05, 0) is 140 Å². The van der Waals surface area contributed by atoms with E-state index in [9.17, 15) is 0 Å². The van der Waals surface area contributed by atoms with Crippen molar-refractivity contribution in [3.05, 3.63) is 108 Å². The fourth-order valence-electron chi connectivity index (χ4n) is 8.18. The highest BCUT2D eigenvalue weighted by Gasteiger charge is 2.41. The Labute approximate surface area is 276 Å². The zero-order valence-corrected chi connectivity index (χ0v) is 27.6. The van der Waals surface area contributed by atoms with Crippen LogP contribution in [0.15, 0.2) is 97.1 Å². The maximum atomic E-state index is 6.16. The zero-order valence-electron chi connectivity index (χ0n) is 27.6. The molecule has 6 rings (SSSR count). The Kier molecular flexibility index (Phi) is 10.5. The molecule has 0 spiro atoms. The van der Waals surface area contributed by atoms with Crippen LogP contribution in [0.25, 0.3) is 0 Å². The molecule has 0 unspecified atom stereocenters. The van der Waals surface area contributed by atoms with E-state index in [2.05, 4.69) is 55.5 Å². The van der Waals surface area contributed by atoms with Crippen molar-refractivity contribution in [1.29, 1.82) is 0 Å². The summed E-state index contributed by atoms with van der Waals surface area (Å²) >= 11 is 0. The Morgan fingerprint density at radius 1 is 0.522 bits per heavy atom. The Hall–Kier alpha value is -3.92. The SMILES string of the molecule is CCCCCC[C@H]1CC[C@@H](C2CCC(c3ccc(Oc4ccc(N)cc4)cc3)(c3ccc(Oc4ccc(N)cc4)cc3)CC2)CC1. The largest absolute Gasteiger partial charge is 0.457 e. The number of nitrogen functional groups attached to an aromatic ring is 2. The van der Waals surface area contributed by atoms with Crippen molar-refractivity contribution in [2.45, 2.75) is 95.8 Å². The van der Waals surface area contributed by atoms with Gasteiger partial charge in [0.05, 0.1) is 0 Å². The molecule has 46 heavy (non-hydrogen) atoms. The summed E-state index contributed by atoms with van der Waals surface area (Å²) in [5.74, 6) is 5.99. The van der Waals surface area contributed by atoms with Crippen molar-refractivity contribution in [1.82, 2.24) is 0 Å². The fraction of sp³-hybridized carbons (Fsp3) is 0.429. The second-order valence-electron chi connectivity index (χ2n) is 13.9. The van der Waals surface area contributed by atoms with Gasteiger partial charge in [-0.15, -0.1) is 0 Å². The topological polar surface area (TPSA) is 70.5 Å². The smallest absolute Gasteiger partial charge is 0.127 e. The minimum absolute atomic E-state index is 0.0214. The fourth-order valence-corrected chi connectivity index (χ4v) is 8.18. The van der Waals surface area contributed by atoms with Gasteiger partial charge < -0.3 is 20.9 Å². The van der Waals surface area contributed by atoms with E-state index in [1.165, 1.54) is 94.6 Å². The first-order chi connectivity index (χ1) is 22.5. The van der Waals surface area contributed by atoms with Gasteiger partial charge in [-0.25, -0.2) is 0 Å². The number of anilines is 2. The second-order valence-corrected chi connectivity index (χ2v) is 13.9.